The molecule has 0 fully saturated rings. The molecule has 0 atom stereocenters. The Kier molecular flexibility index (Phi) is 5.05. The molecule has 0 aliphatic heterocycles. The van der Waals surface area contributed by atoms with Crippen molar-refractivity contribution in [2.75, 3.05) is 6.54 Å². The summed E-state index contributed by atoms with van der Waals surface area (Å²) in [6.07, 6.45) is 6.38. The molecule has 0 spiro atoms. The molecule has 4 rings (SSSR count). The fraction of sp³-hybridized carbons (Fsp3) is 0.364. The van der Waals surface area contributed by atoms with Crippen LogP contribution in [0.1, 0.15) is 61.4 Å². The number of aromatic nitrogens is 5. The number of carbonyl (C=O) groups excluding carboxylic acids is 1. The Balaban J connectivity index is 1.55. The second-order valence-corrected chi connectivity index (χ2v) is 7.87. The summed E-state index contributed by atoms with van der Waals surface area (Å²) in [4.78, 5) is 22.3. The van der Waals surface area contributed by atoms with Crippen molar-refractivity contribution in [1.29, 1.82) is 0 Å². The lowest BCUT2D eigenvalue weighted by Gasteiger charge is -2.12. The number of nitrogens with one attached hydrogen (secondary N) is 1. The Morgan fingerprint density at radius 3 is 2.72 bits per heavy atom. The van der Waals surface area contributed by atoms with E-state index in [1.165, 1.54) is 0 Å². The van der Waals surface area contributed by atoms with Gasteiger partial charge in [-0.05, 0) is 38.0 Å². The molecule has 1 N–H and O–H groups in total. The van der Waals surface area contributed by atoms with E-state index < -0.39 is 0 Å². The third kappa shape index (κ3) is 3.72. The van der Waals surface area contributed by atoms with Crippen molar-refractivity contribution in [1.82, 2.24) is 29.5 Å². The van der Waals surface area contributed by atoms with Gasteiger partial charge in [0.15, 0.2) is 5.65 Å². The molecule has 150 valence electrons. The third-order valence-corrected chi connectivity index (χ3v) is 4.99. The van der Waals surface area contributed by atoms with E-state index in [-0.39, 0.29) is 17.9 Å². The minimum atomic E-state index is -0.105. The van der Waals surface area contributed by atoms with Crippen molar-refractivity contribution in [3.63, 3.8) is 0 Å². The Labute approximate surface area is 169 Å². The van der Waals surface area contributed by atoms with Gasteiger partial charge in [-0.25, -0.2) is 14.6 Å². The summed E-state index contributed by atoms with van der Waals surface area (Å²) >= 11 is 0. The predicted molar refractivity (Wildman–Crippen MR) is 113 cm³/mol. The maximum Gasteiger partial charge on any atom is 0.252 e. The van der Waals surface area contributed by atoms with Gasteiger partial charge in [-0.3, -0.25) is 4.79 Å². The zero-order chi connectivity index (χ0) is 20.5. The molecule has 4 aromatic rings. The molecule has 0 radical (unpaired) electrons. The van der Waals surface area contributed by atoms with Crippen molar-refractivity contribution in [3.8, 4) is 0 Å². The van der Waals surface area contributed by atoms with Crippen LogP contribution in [0, 0.1) is 0 Å². The summed E-state index contributed by atoms with van der Waals surface area (Å²) in [5.74, 6) is 0.116. The monoisotopic (exact) mass is 390 g/mol. The molecule has 0 unspecified atom stereocenters. The number of nitrogens with zero attached hydrogens (tertiary/aromatic N) is 5. The third-order valence-electron chi connectivity index (χ3n) is 4.99. The molecule has 7 heteroatoms. The summed E-state index contributed by atoms with van der Waals surface area (Å²) in [5, 5.41) is 8.27. The van der Waals surface area contributed by atoms with E-state index in [1.54, 1.807) is 6.20 Å². The zero-order valence-electron chi connectivity index (χ0n) is 17.3. The molecule has 0 saturated heterocycles. The first-order valence-corrected chi connectivity index (χ1v) is 10.0. The van der Waals surface area contributed by atoms with Crippen LogP contribution in [-0.4, -0.2) is 36.6 Å². The average molecular weight is 390 g/mol. The summed E-state index contributed by atoms with van der Waals surface area (Å²) in [6.45, 7) is 8.79. The number of hydrogen-bond donors (Lipinski definition) is 1. The van der Waals surface area contributed by atoms with Crippen molar-refractivity contribution in [3.05, 3.63) is 59.8 Å². The predicted octanol–water partition coefficient (Wildman–Crippen LogP) is 3.76. The fourth-order valence-electron chi connectivity index (χ4n) is 3.41. The van der Waals surface area contributed by atoms with E-state index in [2.05, 4.69) is 43.1 Å². The lowest BCUT2D eigenvalue weighted by atomic mass is 10.0. The van der Waals surface area contributed by atoms with Crippen LogP contribution in [0.25, 0.3) is 16.7 Å². The van der Waals surface area contributed by atoms with Crippen LogP contribution in [0.4, 0.5) is 0 Å². The number of hydrogen-bond acceptors (Lipinski definition) is 4. The molecule has 0 saturated carbocycles. The van der Waals surface area contributed by atoms with Gasteiger partial charge in [0.25, 0.3) is 5.91 Å². The van der Waals surface area contributed by atoms with Gasteiger partial charge in [0.1, 0.15) is 5.65 Å². The van der Waals surface area contributed by atoms with Gasteiger partial charge in [-0.1, -0.05) is 19.9 Å². The van der Waals surface area contributed by atoms with Gasteiger partial charge in [0, 0.05) is 37.1 Å². The van der Waals surface area contributed by atoms with Gasteiger partial charge in [-0.2, -0.15) is 5.10 Å². The molecule has 7 nitrogen and oxygen atoms in total. The molecular weight excluding hydrogens is 364 g/mol. The second-order valence-electron chi connectivity index (χ2n) is 7.87. The Hall–Kier alpha value is -3.22. The minimum Gasteiger partial charge on any atom is -0.352 e. The minimum absolute atomic E-state index is 0.105. The Bertz CT molecular complexity index is 1140. The summed E-state index contributed by atoms with van der Waals surface area (Å²) in [6, 6.07) is 7.97. The highest BCUT2D eigenvalue weighted by Crippen LogP contribution is 2.24. The normalized spacial score (nSPS) is 11.8. The van der Waals surface area contributed by atoms with Crippen LogP contribution in [0.3, 0.4) is 0 Å². The summed E-state index contributed by atoms with van der Waals surface area (Å²) in [7, 11) is 0. The Morgan fingerprint density at radius 2 is 2.00 bits per heavy atom. The standard InChI is InChI=1S/C22H26N6O/c1-14(2)19-11-17(18-12-24-28(15(3)4)21(18)26-19)22(29)23-9-8-16-13-27-10-6-5-7-20(27)25-16/h5-7,10-15H,8-9H2,1-4H3,(H,23,29). The van der Waals surface area contributed by atoms with Crippen molar-refractivity contribution in [2.45, 2.75) is 46.1 Å². The zero-order valence-corrected chi connectivity index (χ0v) is 17.3. The highest BCUT2D eigenvalue weighted by molar-refractivity contribution is 6.05. The van der Waals surface area contributed by atoms with E-state index in [0.29, 0.717) is 18.5 Å². The van der Waals surface area contributed by atoms with E-state index >= 15 is 0 Å². The van der Waals surface area contributed by atoms with E-state index in [4.69, 9.17) is 4.98 Å². The van der Waals surface area contributed by atoms with Crippen LogP contribution in [0.5, 0.6) is 0 Å². The molecule has 0 bridgehead atoms. The highest BCUT2D eigenvalue weighted by atomic mass is 16.1. The van der Waals surface area contributed by atoms with Gasteiger partial charge >= 0.3 is 0 Å². The number of amides is 1. The topological polar surface area (TPSA) is 77.1 Å². The molecule has 4 heterocycles. The van der Waals surface area contributed by atoms with Crippen molar-refractivity contribution in [2.24, 2.45) is 0 Å². The molecule has 0 aliphatic rings. The molecule has 0 aliphatic carbocycles. The van der Waals surface area contributed by atoms with Crippen molar-refractivity contribution >= 4 is 22.6 Å². The van der Waals surface area contributed by atoms with Crippen LogP contribution in [-0.2, 0) is 6.42 Å². The van der Waals surface area contributed by atoms with Crippen LogP contribution < -0.4 is 5.32 Å². The largest absolute Gasteiger partial charge is 0.352 e. The van der Waals surface area contributed by atoms with Gasteiger partial charge in [0.05, 0.1) is 22.8 Å². The lowest BCUT2D eigenvalue weighted by Crippen LogP contribution is -2.26. The lowest BCUT2D eigenvalue weighted by molar-refractivity contribution is 0.0955. The van der Waals surface area contributed by atoms with E-state index in [9.17, 15) is 4.79 Å². The Morgan fingerprint density at radius 1 is 1.17 bits per heavy atom. The summed E-state index contributed by atoms with van der Waals surface area (Å²) in [5.41, 5.74) is 4.14. The van der Waals surface area contributed by atoms with Crippen LogP contribution >= 0.6 is 0 Å². The molecule has 4 aromatic heterocycles. The second kappa shape index (κ2) is 7.66. The summed E-state index contributed by atoms with van der Waals surface area (Å²) < 4.78 is 3.85. The first kappa shape index (κ1) is 19.1. The first-order chi connectivity index (χ1) is 13.9. The molecule has 0 aromatic carbocycles. The van der Waals surface area contributed by atoms with E-state index in [0.717, 1.165) is 28.1 Å². The number of rotatable bonds is 6. The number of pyridine rings is 2. The van der Waals surface area contributed by atoms with Gasteiger partial charge in [-0.15, -0.1) is 0 Å². The average Bonchev–Trinajstić information content (AvgIpc) is 3.30. The van der Waals surface area contributed by atoms with Gasteiger partial charge < -0.3 is 9.72 Å². The van der Waals surface area contributed by atoms with Crippen LogP contribution in [0.15, 0.2) is 42.9 Å². The SMILES string of the molecule is CC(C)c1cc(C(=O)NCCc2cn3ccccc3n2)c2cnn(C(C)C)c2n1. The number of fused-ring (bicyclic) bond motifs is 2. The smallest absolute Gasteiger partial charge is 0.252 e. The number of carbonyl (C=O) groups is 1. The van der Waals surface area contributed by atoms with Crippen molar-refractivity contribution < 1.29 is 4.79 Å². The van der Waals surface area contributed by atoms with Crippen LogP contribution in [0.2, 0.25) is 0 Å². The molecule has 1 amide bonds. The first-order valence-electron chi connectivity index (χ1n) is 10.0. The maximum absolute atomic E-state index is 13.0. The molecular formula is C22H26N6O. The van der Waals surface area contributed by atoms with E-state index in [1.807, 2.05) is 45.7 Å². The molecule has 29 heavy (non-hydrogen) atoms. The fourth-order valence-corrected chi connectivity index (χ4v) is 3.41. The quantitative estimate of drug-likeness (QED) is 0.544. The number of imidazole rings is 1. The maximum atomic E-state index is 13.0. The van der Waals surface area contributed by atoms with Gasteiger partial charge in [0.2, 0.25) is 0 Å². The highest BCUT2D eigenvalue weighted by Gasteiger charge is 2.18.